The van der Waals surface area contributed by atoms with Crippen LogP contribution in [0.25, 0.3) is 16.9 Å². The molecule has 0 bridgehead atoms. The van der Waals surface area contributed by atoms with Crippen molar-refractivity contribution in [2.45, 2.75) is 24.8 Å². The van der Waals surface area contributed by atoms with Gasteiger partial charge in [-0.05, 0) is 30.9 Å². The minimum atomic E-state index is -0.780. The number of fused-ring (bicyclic) bond motifs is 2. The van der Waals surface area contributed by atoms with Gasteiger partial charge in [0.25, 0.3) is 0 Å². The molecule has 0 unspecified atom stereocenters. The number of benzene rings is 1. The molecule has 1 aliphatic heterocycles. The standard InChI is InChI=1S/C19H17NO4/c1-24-18(23)15-16(21)14-10-13(12-6-3-2-4-7-12)11-20(14)19(17(15)22)8-5-9-19/h2-4,6-7,10-11,21H,5,8-9H2,1H3. The Hall–Kier alpha value is -2.82. The zero-order valence-electron chi connectivity index (χ0n) is 13.3. The Labute approximate surface area is 139 Å². The Kier molecular flexibility index (Phi) is 3.13. The third kappa shape index (κ3) is 1.81. The van der Waals surface area contributed by atoms with Crippen molar-refractivity contribution in [3.8, 4) is 11.1 Å². The van der Waals surface area contributed by atoms with E-state index < -0.39 is 11.5 Å². The number of carbonyl (C=O) groups is 2. The zero-order valence-corrected chi connectivity index (χ0v) is 13.3. The van der Waals surface area contributed by atoms with E-state index in [1.807, 2.05) is 47.2 Å². The van der Waals surface area contributed by atoms with Gasteiger partial charge in [0.15, 0.2) is 11.5 Å². The lowest BCUT2D eigenvalue weighted by atomic mass is 9.69. The topological polar surface area (TPSA) is 68.5 Å². The van der Waals surface area contributed by atoms with Crippen molar-refractivity contribution < 1.29 is 19.4 Å². The highest BCUT2D eigenvalue weighted by Crippen LogP contribution is 2.48. The third-order valence-electron chi connectivity index (χ3n) is 5.09. The van der Waals surface area contributed by atoms with Crippen molar-refractivity contribution in [1.29, 1.82) is 0 Å². The highest BCUT2D eigenvalue weighted by atomic mass is 16.5. The maximum Gasteiger partial charge on any atom is 0.345 e. The number of nitrogens with zero attached hydrogens (tertiary/aromatic N) is 1. The lowest BCUT2D eigenvalue weighted by molar-refractivity contribution is -0.140. The summed E-state index contributed by atoms with van der Waals surface area (Å²) in [5.74, 6) is -1.43. The first-order valence-corrected chi connectivity index (χ1v) is 7.93. The lowest BCUT2D eigenvalue weighted by Gasteiger charge is -2.45. The fourth-order valence-corrected chi connectivity index (χ4v) is 3.64. The Morgan fingerprint density at radius 3 is 2.50 bits per heavy atom. The molecule has 2 aromatic rings. The van der Waals surface area contributed by atoms with E-state index in [0.29, 0.717) is 18.5 Å². The average Bonchev–Trinajstić information content (AvgIpc) is 3.00. The molecule has 122 valence electrons. The molecule has 5 nitrogen and oxygen atoms in total. The second-order valence-electron chi connectivity index (χ2n) is 6.28. The van der Waals surface area contributed by atoms with Crippen molar-refractivity contribution in [2.24, 2.45) is 0 Å². The second-order valence-corrected chi connectivity index (χ2v) is 6.28. The summed E-state index contributed by atoms with van der Waals surface area (Å²) in [7, 11) is 1.21. The predicted octanol–water partition coefficient (Wildman–Crippen LogP) is 3.06. The first-order valence-electron chi connectivity index (χ1n) is 7.93. The highest BCUT2D eigenvalue weighted by molar-refractivity contribution is 6.25. The molecule has 0 atom stereocenters. The predicted molar refractivity (Wildman–Crippen MR) is 88.3 cm³/mol. The van der Waals surface area contributed by atoms with Crippen LogP contribution in [0.5, 0.6) is 0 Å². The van der Waals surface area contributed by atoms with Crippen LogP contribution in [0.3, 0.4) is 0 Å². The molecular formula is C19H17NO4. The lowest BCUT2D eigenvalue weighted by Crippen LogP contribution is -2.52. The maximum absolute atomic E-state index is 12.9. The molecule has 1 spiro atoms. The average molecular weight is 323 g/mol. The maximum atomic E-state index is 12.9. The van der Waals surface area contributed by atoms with Crippen LogP contribution in [0.4, 0.5) is 0 Å². The minimum Gasteiger partial charge on any atom is -0.505 e. The fraction of sp³-hybridized carbons (Fsp3) is 0.263. The van der Waals surface area contributed by atoms with Gasteiger partial charge in [-0.15, -0.1) is 0 Å². The molecule has 0 amide bonds. The molecular weight excluding hydrogens is 306 g/mol. The van der Waals surface area contributed by atoms with Gasteiger partial charge in [0.1, 0.15) is 11.1 Å². The van der Waals surface area contributed by atoms with Crippen molar-refractivity contribution >= 4 is 17.5 Å². The summed E-state index contributed by atoms with van der Waals surface area (Å²) in [6, 6.07) is 11.6. The summed E-state index contributed by atoms with van der Waals surface area (Å²) in [5.41, 5.74) is 1.39. The Balaban J connectivity index is 1.94. The molecule has 2 aliphatic rings. The summed E-state index contributed by atoms with van der Waals surface area (Å²) in [6.45, 7) is 0. The summed E-state index contributed by atoms with van der Waals surface area (Å²) in [5, 5.41) is 10.5. The third-order valence-corrected chi connectivity index (χ3v) is 5.09. The smallest absolute Gasteiger partial charge is 0.345 e. The summed E-state index contributed by atoms with van der Waals surface area (Å²) >= 11 is 0. The van der Waals surface area contributed by atoms with E-state index in [0.717, 1.165) is 17.5 Å². The number of carbonyl (C=O) groups excluding carboxylic acids is 2. The van der Waals surface area contributed by atoms with Gasteiger partial charge in [0.05, 0.1) is 12.8 Å². The quantitative estimate of drug-likeness (QED) is 0.681. The van der Waals surface area contributed by atoms with Crippen LogP contribution in [0.15, 0.2) is 48.2 Å². The number of Topliss-reactive ketones (excluding diaryl/α,β-unsaturated/α-hetero) is 1. The molecule has 0 saturated heterocycles. The van der Waals surface area contributed by atoms with Gasteiger partial charge in [-0.1, -0.05) is 30.3 Å². The van der Waals surface area contributed by atoms with E-state index in [-0.39, 0.29) is 17.1 Å². The van der Waals surface area contributed by atoms with Gasteiger partial charge in [-0.25, -0.2) is 4.79 Å². The van der Waals surface area contributed by atoms with Crippen LogP contribution in [-0.4, -0.2) is 28.5 Å². The Morgan fingerprint density at radius 2 is 1.92 bits per heavy atom. The number of aliphatic hydroxyl groups excluding tert-OH is 1. The van der Waals surface area contributed by atoms with Crippen molar-refractivity contribution in [2.75, 3.05) is 7.11 Å². The normalized spacial score (nSPS) is 18.3. The van der Waals surface area contributed by atoms with Gasteiger partial charge in [0.2, 0.25) is 0 Å². The molecule has 1 aromatic carbocycles. The van der Waals surface area contributed by atoms with Crippen LogP contribution in [0, 0.1) is 0 Å². The van der Waals surface area contributed by atoms with Crippen molar-refractivity contribution in [3.63, 3.8) is 0 Å². The number of aromatic nitrogens is 1. The molecule has 1 fully saturated rings. The summed E-state index contributed by atoms with van der Waals surface area (Å²) < 4.78 is 6.55. The fourth-order valence-electron chi connectivity index (χ4n) is 3.64. The zero-order chi connectivity index (χ0) is 16.9. The molecule has 5 heteroatoms. The van der Waals surface area contributed by atoms with Crippen LogP contribution in [-0.2, 0) is 19.9 Å². The number of esters is 1. The van der Waals surface area contributed by atoms with E-state index in [1.54, 1.807) is 0 Å². The van der Waals surface area contributed by atoms with Crippen molar-refractivity contribution in [3.05, 3.63) is 53.9 Å². The monoisotopic (exact) mass is 323 g/mol. The van der Waals surface area contributed by atoms with Gasteiger partial charge in [-0.2, -0.15) is 0 Å². The van der Waals surface area contributed by atoms with E-state index in [4.69, 9.17) is 4.74 Å². The molecule has 1 aliphatic carbocycles. The number of ketones is 1. The number of methoxy groups -OCH3 is 1. The summed E-state index contributed by atoms with van der Waals surface area (Å²) in [6.07, 6.45) is 4.14. The van der Waals surface area contributed by atoms with E-state index >= 15 is 0 Å². The molecule has 1 N–H and O–H groups in total. The minimum absolute atomic E-state index is 0.234. The van der Waals surface area contributed by atoms with Crippen LogP contribution in [0.2, 0.25) is 0 Å². The first-order chi connectivity index (χ1) is 11.6. The number of hydrogen-bond donors (Lipinski definition) is 1. The van der Waals surface area contributed by atoms with Gasteiger partial charge in [0, 0.05) is 11.8 Å². The van der Waals surface area contributed by atoms with Gasteiger partial charge < -0.3 is 14.4 Å². The number of hydrogen-bond acceptors (Lipinski definition) is 4. The van der Waals surface area contributed by atoms with Gasteiger partial charge >= 0.3 is 5.97 Å². The largest absolute Gasteiger partial charge is 0.505 e. The van der Waals surface area contributed by atoms with Gasteiger partial charge in [-0.3, -0.25) is 4.79 Å². The Bertz CT molecular complexity index is 872. The number of ether oxygens (including phenoxy) is 1. The van der Waals surface area contributed by atoms with E-state index in [2.05, 4.69) is 0 Å². The second kappa shape index (κ2) is 5.09. The molecule has 0 radical (unpaired) electrons. The molecule has 4 rings (SSSR count). The SMILES string of the molecule is COC(=O)C1=C(O)c2cc(-c3ccccc3)cn2C2(CCC2)C1=O. The van der Waals surface area contributed by atoms with E-state index in [1.165, 1.54) is 7.11 Å². The van der Waals surface area contributed by atoms with E-state index in [9.17, 15) is 14.7 Å². The van der Waals surface area contributed by atoms with Crippen LogP contribution < -0.4 is 0 Å². The molecule has 1 aromatic heterocycles. The molecule has 1 saturated carbocycles. The summed E-state index contributed by atoms with van der Waals surface area (Å²) in [4.78, 5) is 24.9. The Morgan fingerprint density at radius 1 is 1.21 bits per heavy atom. The molecule has 2 heterocycles. The highest BCUT2D eigenvalue weighted by Gasteiger charge is 2.53. The molecule has 24 heavy (non-hydrogen) atoms. The number of rotatable bonds is 2. The number of aliphatic hydroxyl groups is 1. The van der Waals surface area contributed by atoms with Crippen molar-refractivity contribution in [1.82, 2.24) is 4.57 Å². The van der Waals surface area contributed by atoms with Crippen LogP contribution >= 0.6 is 0 Å². The van der Waals surface area contributed by atoms with Crippen LogP contribution in [0.1, 0.15) is 25.0 Å². The first kappa shape index (κ1) is 14.8.